The van der Waals surface area contributed by atoms with Crippen LogP contribution < -0.4 is 4.74 Å². The average molecular weight is 388 g/mol. The summed E-state index contributed by atoms with van der Waals surface area (Å²) in [4.78, 5) is 14.8. The number of hydrogen-bond acceptors (Lipinski definition) is 4. The van der Waals surface area contributed by atoms with E-state index in [1.165, 1.54) is 10.6 Å². The van der Waals surface area contributed by atoms with Crippen molar-refractivity contribution in [2.45, 2.75) is 13.0 Å². The fraction of sp³-hybridized carbons (Fsp3) is 0.350. The van der Waals surface area contributed by atoms with Gasteiger partial charge < -0.3 is 9.64 Å². The standard InChI is InChI=1S/C20H24N2O4S/c1-27(24,25)22-13-7-12-21(14-15-22)20(23)19-11-6-5-8-17(19)16-26-18-9-3-2-4-10-18/h2-6,8-11H,7,12-16H2,1H3. The third kappa shape index (κ3) is 5.08. The topological polar surface area (TPSA) is 66.9 Å². The Bertz CT molecular complexity index is 884. The second-order valence-corrected chi connectivity index (χ2v) is 8.55. The van der Waals surface area contributed by atoms with E-state index in [0.29, 0.717) is 44.8 Å². The number of nitrogens with zero attached hydrogens (tertiary/aromatic N) is 2. The number of benzene rings is 2. The molecule has 0 bridgehead atoms. The summed E-state index contributed by atoms with van der Waals surface area (Å²) in [6.07, 6.45) is 1.84. The smallest absolute Gasteiger partial charge is 0.254 e. The zero-order valence-corrected chi connectivity index (χ0v) is 16.2. The second-order valence-electron chi connectivity index (χ2n) is 6.57. The number of carbonyl (C=O) groups excluding carboxylic acids is 1. The average Bonchev–Trinajstić information content (AvgIpc) is 2.93. The van der Waals surface area contributed by atoms with Crippen LogP contribution in [0.15, 0.2) is 54.6 Å². The molecule has 1 fully saturated rings. The lowest BCUT2D eigenvalue weighted by molar-refractivity contribution is 0.0761. The second kappa shape index (κ2) is 8.54. The van der Waals surface area contributed by atoms with Crippen LogP contribution in [0.3, 0.4) is 0 Å². The van der Waals surface area contributed by atoms with Crippen LogP contribution in [0.5, 0.6) is 5.75 Å². The summed E-state index contributed by atoms with van der Waals surface area (Å²) in [5, 5.41) is 0. The Morgan fingerprint density at radius 1 is 0.963 bits per heavy atom. The Morgan fingerprint density at radius 2 is 1.67 bits per heavy atom. The van der Waals surface area contributed by atoms with E-state index in [1.807, 2.05) is 48.5 Å². The van der Waals surface area contributed by atoms with Gasteiger partial charge in [0.25, 0.3) is 5.91 Å². The Labute approximate surface area is 160 Å². The van der Waals surface area contributed by atoms with Crippen molar-refractivity contribution in [3.05, 3.63) is 65.7 Å². The maximum Gasteiger partial charge on any atom is 0.254 e. The molecule has 1 saturated heterocycles. The van der Waals surface area contributed by atoms with Crippen molar-refractivity contribution in [1.29, 1.82) is 0 Å². The number of amides is 1. The van der Waals surface area contributed by atoms with Crippen LogP contribution in [0, 0.1) is 0 Å². The quantitative estimate of drug-likeness (QED) is 0.789. The summed E-state index contributed by atoms with van der Waals surface area (Å²) < 4.78 is 30.8. The first-order valence-electron chi connectivity index (χ1n) is 8.95. The van der Waals surface area contributed by atoms with E-state index in [0.717, 1.165) is 11.3 Å². The van der Waals surface area contributed by atoms with Crippen LogP contribution in [0.1, 0.15) is 22.3 Å². The molecule has 3 rings (SSSR count). The lowest BCUT2D eigenvalue weighted by Gasteiger charge is -2.22. The third-order valence-corrected chi connectivity index (χ3v) is 5.90. The van der Waals surface area contributed by atoms with Gasteiger partial charge in [-0.15, -0.1) is 0 Å². The van der Waals surface area contributed by atoms with Crippen molar-refractivity contribution in [2.24, 2.45) is 0 Å². The Hall–Kier alpha value is -2.38. The van der Waals surface area contributed by atoms with E-state index in [2.05, 4.69) is 0 Å². The van der Waals surface area contributed by atoms with Gasteiger partial charge in [0.2, 0.25) is 10.0 Å². The van der Waals surface area contributed by atoms with Crippen LogP contribution in [-0.4, -0.2) is 56.0 Å². The molecule has 0 saturated carbocycles. The summed E-state index contributed by atoms with van der Waals surface area (Å²) in [6, 6.07) is 16.9. The van der Waals surface area contributed by atoms with Gasteiger partial charge in [0.1, 0.15) is 12.4 Å². The largest absolute Gasteiger partial charge is 0.489 e. The molecule has 0 spiro atoms. The van der Waals surface area contributed by atoms with Crippen molar-refractivity contribution in [3.63, 3.8) is 0 Å². The lowest BCUT2D eigenvalue weighted by atomic mass is 10.1. The van der Waals surface area contributed by atoms with Gasteiger partial charge in [0.15, 0.2) is 0 Å². The van der Waals surface area contributed by atoms with Gasteiger partial charge in [-0.2, -0.15) is 0 Å². The molecule has 0 aliphatic carbocycles. The number of carbonyl (C=O) groups is 1. The highest BCUT2D eigenvalue weighted by molar-refractivity contribution is 7.88. The Balaban J connectivity index is 1.71. The minimum Gasteiger partial charge on any atom is -0.489 e. The van der Waals surface area contributed by atoms with Crippen LogP contribution in [0.4, 0.5) is 0 Å². The molecule has 0 N–H and O–H groups in total. The number of sulfonamides is 1. The van der Waals surface area contributed by atoms with E-state index in [9.17, 15) is 13.2 Å². The highest BCUT2D eigenvalue weighted by atomic mass is 32.2. The van der Waals surface area contributed by atoms with Crippen LogP contribution >= 0.6 is 0 Å². The SMILES string of the molecule is CS(=O)(=O)N1CCCN(C(=O)c2ccccc2COc2ccccc2)CC1. The van der Waals surface area contributed by atoms with E-state index >= 15 is 0 Å². The summed E-state index contributed by atoms with van der Waals surface area (Å²) in [6.45, 7) is 2.00. The first-order valence-corrected chi connectivity index (χ1v) is 10.8. The molecular formula is C20H24N2O4S. The molecule has 0 aromatic heterocycles. The third-order valence-electron chi connectivity index (χ3n) is 4.60. The summed E-state index contributed by atoms with van der Waals surface area (Å²) in [5.41, 5.74) is 1.41. The highest BCUT2D eigenvalue weighted by Crippen LogP contribution is 2.18. The Morgan fingerprint density at radius 3 is 2.41 bits per heavy atom. The predicted octanol–water partition coefficient (Wildman–Crippen LogP) is 2.37. The van der Waals surface area contributed by atoms with Crippen molar-refractivity contribution < 1.29 is 17.9 Å². The molecule has 1 aliphatic heterocycles. The van der Waals surface area contributed by atoms with Gasteiger partial charge >= 0.3 is 0 Å². The van der Waals surface area contributed by atoms with E-state index in [-0.39, 0.29) is 5.91 Å². The molecule has 2 aromatic carbocycles. The van der Waals surface area contributed by atoms with E-state index in [1.54, 1.807) is 11.0 Å². The van der Waals surface area contributed by atoms with Gasteiger partial charge in [0, 0.05) is 37.3 Å². The first-order chi connectivity index (χ1) is 12.9. The molecule has 6 nitrogen and oxygen atoms in total. The minimum absolute atomic E-state index is 0.0855. The molecule has 2 aromatic rings. The first kappa shape index (κ1) is 19.4. The lowest BCUT2D eigenvalue weighted by Crippen LogP contribution is -2.37. The van der Waals surface area contributed by atoms with Crippen LogP contribution in [0.25, 0.3) is 0 Å². The number of hydrogen-bond donors (Lipinski definition) is 0. The van der Waals surface area contributed by atoms with Gasteiger partial charge in [-0.05, 0) is 24.6 Å². The summed E-state index contributed by atoms with van der Waals surface area (Å²) in [7, 11) is -3.24. The highest BCUT2D eigenvalue weighted by Gasteiger charge is 2.25. The van der Waals surface area contributed by atoms with Crippen molar-refractivity contribution in [3.8, 4) is 5.75 Å². The molecular weight excluding hydrogens is 364 g/mol. The van der Waals surface area contributed by atoms with Gasteiger partial charge in [0.05, 0.1) is 6.26 Å². The normalized spacial score (nSPS) is 16.0. The van der Waals surface area contributed by atoms with Gasteiger partial charge in [-0.3, -0.25) is 4.79 Å². The van der Waals surface area contributed by atoms with Crippen molar-refractivity contribution >= 4 is 15.9 Å². The molecule has 7 heteroatoms. The van der Waals surface area contributed by atoms with Gasteiger partial charge in [-0.1, -0.05) is 36.4 Å². The van der Waals surface area contributed by atoms with Gasteiger partial charge in [-0.25, -0.2) is 12.7 Å². The summed E-state index contributed by atoms with van der Waals surface area (Å²) >= 11 is 0. The summed E-state index contributed by atoms with van der Waals surface area (Å²) in [5.74, 6) is 0.663. The molecule has 0 unspecified atom stereocenters. The number of ether oxygens (including phenoxy) is 1. The van der Waals surface area contributed by atoms with Crippen LogP contribution in [0.2, 0.25) is 0 Å². The number of para-hydroxylation sites is 1. The monoisotopic (exact) mass is 388 g/mol. The zero-order chi connectivity index (χ0) is 19.3. The van der Waals surface area contributed by atoms with Crippen molar-refractivity contribution in [1.82, 2.24) is 9.21 Å². The fourth-order valence-electron chi connectivity index (χ4n) is 3.13. The van der Waals surface area contributed by atoms with E-state index < -0.39 is 10.0 Å². The predicted molar refractivity (Wildman–Crippen MR) is 104 cm³/mol. The number of rotatable bonds is 5. The molecule has 27 heavy (non-hydrogen) atoms. The molecule has 1 amide bonds. The molecule has 144 valence electrons. The maximum absolute atomic E-state index is 13.0. The van der Waals surface area contributed by atoms with Crippen molar-refractivity contribution in [2.75, 3.05) is 32.4 Å². The molecule has 1 heterocycles. The Kier molecular flexibility index (Phi) is 6.13. The fourth-order valence-corrected chi connectivity index (χ4v) is 4.01. The zero-order valence-electron chi connectivity index (χ0n) is 15.4. The molecule has 0 radical (unpaired) electrons. The van der Waals surface area contributed by atoms with Crippen LogP contribution in [-0.2, 0) is 16.6 Å². The molecule has 0 atom stereocenters. The van der Waals surface area contributed by atoms with E-state index in [4.69, 9.17) is 4.74 Å². The minimum atomic E-state index is -3.24. The molecule has 1 aliphatic rings. The maximum atomic E-state index is 13.0.